The molecular weight excluding hydrogens is 272 g/mol. The summed E-state index contributed by atoms with van der Waals surface area (Å²) in [6.45, 7) is 0. The summed E-state index contributed by atoms with van der Waals surface area (Å²) in [4.78, 5) is 0. The molecule has 0 heterocycles. The molecule has 2 nitrogen and oxygen atoms in total. The zero-order chi connectivity index (χ0) is 14.4. The van der Waals surface area contributed by atoms with Crippen LogP contribution in [0.5, 0.6) is 11.5 Å². The van der Waals surface area contributed by atoms with Gasteiger partial charge in [0.05, 0.1) is 14.2 Å². The Bertz CT molecular complexity index is 732. The minimum absolute atomic E-state index is 0.600. The quantitative estimate of drug-likeness (QED) is 0.773. The molecule has 4 saturated carbocycles. The van der Waals surface area contributed by atoms with E-state index < -0.39 is 0 Å². The van der Waals surface area contributed by atoms with Crippen molar-refractivity contribution in [3.63, 3.8) is 0 Å². The van der Waals surface area contributed by atoms with Crippen LogP contribution in [0.4, 0.5) is 0 Å². The van der Waals surface area contributed by atoms with Crippen molar-refractivity contribution in [1.29, 1.82) is 0 Å². The van der Waals surface area contributed by atoms with Gasteiger partial charge in [0.15, 0.2) is 0 Å². The van der Waals surface area contributed by atoms with Crippen LogP contribution in [0.2, 0.25) is 0 Å². The van der Waals surface area contributed by atoms with Crippen LogP contribution in [-0.4, -0.2) is 14.2 Å². The number of allylic oxidation sites excluding steroid dienone is 2. The van der Waals surface area contributed by atoms with E-state index in [1.54, 1.807) is 11.1 Å². The lowest BCUT2D eigenvalue weighted by Crippen LogP contribution is -2.41. The molecule has 8 rings (SSSR count). The number of hydrogen-bond donors (Lipinski definition) is 0. The van der Waals surface area contributed by atoms with E-state index >= 15 is 0 Å². The highest BCUT2D eigenvalue weighted by atomic mass is 16.5. The van der Waals surface area contributed by atoms with Crippen molar-refractivity contribution in [3.8, 4) is 11.5 Å². The van der Waals surface area contributed by atoms with E-state index in [0.29, 0.717) is 10.8 Å². The van der Waals surface area contributed by atoms with Crippen LogP contribution in [-0.2, 0) is 0 Å². The van der Waals surface area contributed by atoms with Crippen LogP contribution < -0.4 is 9.47 Å². The first kappa shape index (κ1) is 11.2. The van der Waals surface area contributed by atoms with Gasteiger partial charge in [0.25, 0.3) is 0 Å². The van der Waals surface area contributed by atoms with Gasteiger partial charge in [-0.1, -0.05) is 12.2 Å². The molecule has 7 aliphatic carbocycles. The molecule has 0 amide bonds. The maximum atomic E-state index is 5.81. The van der Waals surface area contributed by atoms with Gasteiger partial charge in [0.1, 0.15) is 11.5 Å². The third-order valence-electron chi connectivity index (χ3n) is 8.70. The van der Waals surface area contributed by atoms with Crippen molar-refractivity contribution in [1.82, 2.24) is 0 Å². The third-order valence-corrected chi connectivity index (χ3v) is 8.70. The molecule has 6 atom stereocenters. The molecule has 2 spiro atoms. The normalized spacial score (nSPS) is 55.5. The van der Waals surface area contributed by atoms with Crippen molar-refractivity contribution >= 4 is 0 Å². The topological polar surface area (TPSA) is 18.5 Å². The Labute approximate surface area is 130 Å². The number of ether oxygens (including phenoxy) is 2. The second kappa shape index (κ2) is 2.86. The van der Waals surface area contributed by atoms with Crippen LogP contribution in [0.3, 0.4) is 0 Å². The van der Waals surface area contributed by atoms with Gasteiger partial charge in [-0.15, -0.1) is 0 Å². The zero-order valence-corrected chi connectivity index (χ0v) is 13.0. The Hall–Kier alpha value is -1.44. The van der Waals surface area contributed by atoms with Gasteiger partial charge in [0, 0.05) is 11.1 Å². The molecule has 0 radical (unpaired) electrons. The van der Waals surface area contributed by atoms with E-state index in [0.717, 1.165) is 47.0 Å². The summed E-state index contributed by atoms with van der Waals surface area (Å²) in [6, 6.07) is 4.29. The standard InChI is InChI=1S/C20H20O2/c1-21-9-5-6-10(22-2)12-11(9)16-13-14-15(13)18-19(16)7-3-4-8-20(18,19)17(12)14/h3-6,13-18H,7-8H2,1-2H3/t13-,14-,15?,16+,17+,18?,19+,20+/m1/s1. The minimum atomic E-state index is 0.600. The molecule has 0 saturated heterocycles. The van der Waals surface area contributed by atoms with E-state index in [4.69, 9.17) is 9.47 Å². The maximum absolute atomic E-state index is 5.81. The molecule has 7 aliphatic rings. The Balaban J connectivity index is 1.60. The summed E-state index contributed by atoms with van der Waals surface area (Å²) < 4.78 is 11.6. The SMILES string of the molecule is COc1ccc(OC)c2c1[C@H]1[C@H]3C4C5[C@]16CC=CC[C@]56[C@@H]2[C@@H]43. The monoisotopic (exact) mass is 292 g/mol. The summed E-state index contributed by atoms with van der Waals surface area (Å²) in [5.74, 6) is 7.72. The van der Waals surface area contributed by atoms with Gasteiger partial charge in [0.2, 0.25) is 0 Å². The molecule has 0 aliphatic heterocycles. The molecule has 1 aromatic rings. The summed E-state index contributed by atoms with van der Waals surface area (Å²) in [6.07, 6.45) is 7.59. The number of methoxy groups -OCH3 is 2. The van der Waals surface area contributed by atoms with Gasteiger partial charge < -0.3 is 9.47 Å². The van der Waals surface area contributed by atoms with E-state index in [9.17, 15) is 0 Å². The van der Waals surface area contributed by atoms with Crippen molar-refractivity contribution in [3.05, 3.63) is 35.4 Å². The largest absolute Gasteiger partial charge is 0.496 e. The van der Waals surface area contributed by atoms with Crippen LogP contribution in [0.25, 0.3) is 0 Å². The Morgan fingerprint density at radius 1 is 0.818 bits per heavy atom. The maximum Gasteiger partial charge on any atom is 0.122 e. The van der Waals surface area contributed by atoms with E-state index in [1.807, 2.05) is 14.2 Å². The molecule has 0 aromatic heterocycles. The van der Waals surface area contributed by atoms with E-state index in [1.165, 1.54) is 12.8 Å². The van der Waals surface area contributed by atoms with E-state index in [2.05, 4.69) is 24.3 Å². The van der Waals surface area contributed by atoms with Gasteiger partial charge in [-0.25, -0.2) is 0 Å². The van der Waals surface area contributed by atoms with Gasteiger partial charge in [-0.05, 0) is 71.3 Å². The number of rotatable bonds is 2. The predicted molar refractivity (Wildman–Crippen MR) is 82.2 cm³/mol. The van der Waals surface area contributed by atoms with Gasteiger partial charge in [-0.3, -0.25) is 0 Å². The highest BCUT2D eigenvalue weighted by molar-refractivity contribution is 5.69. The highest BCUT2D eigenvalue weighted by Crippen LogP contribution is 3.06. The average molecular weight is 292 g/mol. The van der Waals surface area contributed by atoms with Gasteiger partial charge in [-0.2, -0.15) is 0 Å². The van der Waals surface area contributed by atoms with Crippen molar-refractivity contribution in [2.24, 2.45) is 34.5 Å². The van der Waals surface area contributed by atoms with Crippen molar-refractivity contribution in [2.75, 3.05) is 14.2 Å². The second-order valence-corrected chi connectivity index (χ2v) is 8.42. The number of benzene rings is 1. The van der Waals surface area contributed by atoms with Crippen molar-refractivity contribution < 1.29 is 9.47 Å². The molecule has 112 valence electrons. The lowest BCUT2D eigenvalue weighted by atomic mass is 9.53. The highest BCUT2D eigenvalue weighted by Gasteiger charge is 3.01. The summed E-state index contributed by atoms with van der Waals surface area (Å²) in [7, 11) is 3.67. The van der Waals surface area contributed by atoms with Crippen LogP contribution in [0.15, 0.2) is 24.3 Å². The van der Waals surface area contributed by atoms with Crippen LogP contribution >= 0.6 is 0 Å². The molecular formula is C20H20O2. The fraction of sp³-hybridized carbons (Fsp3) is 0.600. The van der Waals surface area contributed by atoms with Crippen LogP contribution in [0.1, 0.15) is 35.8 Å². The van der Waals surface area contributed by atoms with Crippen molar-refractivity contribution in [2.45, 2.75) is 24.7 Å². The third kappa shape index (κ3) is 0.714. The summed E-state index contributed by atoms with van der Waals surface area (Å²) >= 11 is 0. The Morgan fingerprint density at radius 2 is 1.32 bits per heavy atom. The predicted octanol–water partition coefficient (Wildman–Crippen LogP) is 3.73. The minimum Gasteiger partial charge on any atom is -0.496 e. The van der Waals surface area contributed by atoms with E-state index in [-0.39, 0.29) is 0 Å². The molecule has 0 N–H and O–H groups in total. The summed E-state index contributed by atoms with van der Waals surface area (Å²) in [5, 5.41) is 0. The zero-order valence-electron chi connectivity index (χ0n) is 13.0. The lowest BCUT2D eigenvalue weighted by Gasteiger charge is -2.50. The molecule has 1 aromatic carbocycles. The number of hydrogen-bond acceptors (Lipinski definition) is 2. The first-order valence-corrected chi connectivity index (χ1v) is 8.72. The fourth-order valence-electron chi connectivity index (χ4n) is 8.68. The average Bonchev–Trinajstić information content (AvgIpc) is 3.37. The fourth-order valence-corrected chi connectivity index (χ4v) is 8.68. The van der Waals surface area contributed by atoms with Crippen LogP contribution in [0, 0.1) is 34.5 Å². The first-order chi connectivity index (χ1) is 10.8. The molecule has 2 heteroatoms. The molecule has 22 heavy (non-hydrogen) atoms. The second-order valence-electron chi connectivity index (χ2n) is 8.42. The van der Waals surface area contributed by atoms with Gasteiger partial charge >= 0.3 is 0 Å². The smallest absolute Gasteiger partial charge is 0.122 e. The molecule has 4 fully saturated rings. The molecule has 0 unspecified atom stereocenters. The lowest BCUT2D eigenvalue weighted by molar-refractivity contribution is 0.129. The first-order valence-electron chi connectivity index (χ1n) is 8.72. The Kier molecular flexibility index (Phi) is 1.45. The summed E-state index contributed by atoms with van der Waals surface area (Å²) in [5.41, 5.74) is 4.29. The molecule has 2 bridgehead atoms. The Morgan fingerprint density at radius 3 is 1.77 bits per heavy atom.